The summed E-state index contributed by atoms with van der Waals surface area (Å²) in [6.07, 6.45) is 8.54. The number of rotatable bonds is 5. The third-order valence-corrected chi connectivity index (χ3v) is 3.81. The van der Waals surface area contributed by atoms with Gasteiger partial charge in [-0.1, -0.05) is 12.8 Å². The molecule has 0 spiro atoms. The Kier molecular flexibility index (Phi) is 4.13. The van der Waals surface area contributed by atoms with Crippen molar-refractivity contribution >= 4 is 0 Å². The van der Waals surface area contributed by atoms with E-state index in [4.69, 9.17) is 0 Å². The Morgan fingerprint density at radius 3 is 2.53 bits per heavy atom. The van der Waals surface area contributed by atoms with Gasteiger partial charge < -0.3 is 10.0 Å². The van der Waals surface area contributed by atoms with Crippen LogP contribution < -0.4 is 0 Å². The van der Waals surface area contributed by atoms with Crippen LogP contribution in [-0.2, 0) is 6.54 Å². The monoisotopic (exact) mass is 234 g/mol. The molecule has 1 aliphatic rings. The maximum absolute atomic E-state index is 9.59. The molecular weight excluding hydrogens is 212 g/mol. The van der Waals surface area contributed by atoms with E-state index in [9.17, 15) is 5.11 Å². The molecule has 0 bridgehead atoms. The first-order valence-corrected chi connectivity index (χ1v) is 6.42. The molecule has 3 heteroatoms. The largest absolute Gasteiger partial charge is 0.396 e. The van der Waals surface area contributed by atoms with Crippen LogP contribution in [0.3, 0.4) is 0 Å². The van der Waals surface area contributed by atoms with E-state index in [2.05, 4.69) is 29.1 Å². The van der Waals surface area contributed by atoms with Crippen LogP contribution in [-0.4, -0.2) is 35.2 Å². The van der Waals surface area contributed by atoms with Crippen molar-refractivity contribution in [1.82, 2.24) is 9.88 Å². The van der Waals surface area contributed by atoms with Crippen molar-refractivity contribution in [2.75, 3.05) is 20.2 Å². The van der Waals surface area contributed by atoms with E-state index in [-0.39, 0.29) is 5.41 Å². The van der Waals surface area contributed by atoms with Gasteiger partial charge in [0.1, 0.15) is 0 Å². The van der Waals surface area contributed by atoms with E-state index < -0.39 is 0 Å². The summed E-state index contributed by atoms with van der Waals surface area (Å²) in [7, 11) is 2.14. The lowest BCUT2D eigenvalue weighted by Gasteiger charge is -2.31. The minimum Gasteiger partial charge on any atom is -0.396 e. The van der Waals surface area contributed by atoms with E-state index in [1.165, 1.54) is 31.2 Å². The summed E-state index contributed by atoms with van der Waals surface area (Å²) in [6, 6.07) is 4.10. The lowest BCUT2D eigenvalue weighted by atomic mass is 9.86. The van der Waals surface area contributed by atoms with Crippen LogP contribution in [0.4, 0.5) is 0 Å². The highest BCUT2D eigenvalue weighted by Crippen LogP contribution is 2.38. The summed E-state index contributed by atoms with van der Waals surface area (Å²) in [5.74, 6) is 0. The zero-order valence-electron chi connectivity index (χ0n) is 10.6. The molecule has 94 valence electrons. The first-order valence-electron chi connectivity index (χ1n) is 6.42. The third-order valence-electron chi connectivity index (χ3n) is 3.81. The van der Waals surface area contributed by atoms with Gasteiger partial charge in [0.25, 0.3) is 0 Å². The highest BCUT2D eigenvalue weighted by atomic mass is 16.3. The summed E-state index contributed by atoms with van der Waals surface area (Å²) in [4.78, 5) is 6.34. The van der Waals surface area contributed by atoms with Gasteiger partial charge in [0.05, 0.1) is 0 Å². The smallest absolute Gasteiger partial charge is 0.0499 e. The van der Waals surface area contributed by atoms with Crippen molar-refractivity contribution in [3.63, 3.8) is 0 Å². The second-order valence-electron chi connectivity index (χ2n) is 5.39. The van der Waals surface area contributed by atoms with Gasteiger partial charge in [0.15, 0.2) is 0 Å². The highest BCUT2D eigenvalue weighted by Gasteiger charge is 2.34. The van der Waals surface area contributed by atoms with Crippen LogP contribution in [0.5, 0.6) is 0 Å². The molecule has 0 aromatic carbocycles. The van der Waals surface area contributed by atoms with Crippen molar-refractivity contribution in [3.05, 3.63) is 30.1 Å². The fourth-order valence-electron chi connectivity index (χ4n) is 2.92. The molecule has 1 N–H and O–H groups in total. The molecule has 1 fully saturated rings. The molecule has 1 saturated carbocycles. The van der Waals surface area contributed by atoms with Crippen molar-refractivity contribution < 1.29 is 5.11 Å². The number of hydrogen-bond acceptors (Lipinski definition) is 3. The second kappa shape index (κ2) is 5.61. The quantitative estimate of drug-likeness (QED) is 0.847. The lowest BCUT2D eigenvalue weighted by Crippen LogP contribution is -2.36. The van der Waals surface area contributed by atoms with Gasteiger partial charge in [-0.2, -0.15) is 0 Å². The van der Waals surface area contributed by atoms with Gasteiger partial charge in [-0.15, -0.1) is 0 Å². The van der Waals surface area contributed by atoms with Gasteiger partial charge in [-0.05, 0) is 37.6 Å². The normalized spacial score (nSPS) is 18.8. The Labute approximate surface area is 103 Å². The zero-order valence-corrected chi connectivity index (χ0v) is 10.6. The summed E-state index contributed by atoms with van der Waals surface area (Å²) < 4.78 is 0. The number of aliphatic hydroxyl groups excluding tert-OH is 1. The van der Waals surface area contributed by atoms with Crippen molar-refractivity contribution in [1.29, 1.82) is 0 Å². The molecule has 0 unspecified atom stereocenters. The average molecular weight is 234 g/mol. The van der Waals surface area contributed by atoms with Gasteiger partial charge in [0, 0.05) is 37.5 Å². The van der Waals surface area contributed by atoms with E-state index >= 15 is 0 Å². The van der Waals surface area contributed by atoms with E-state index in [0.717, 1.165) is 13.1 Å². The van der Waals surface area contributed by atoms with Crippen LogP contribution in [0.15, 0.2) is 24.5 Å². The maximum atomic E-state index is 9.59. The van der Waals surface area contributed by atoms with Crippen molar-refractivity contribution in [2.24, 2.45) is 5.41 Å². The highest BCUT2D eigenvalue weighted by molar-refractivity contribution is 5.09. The molecule has 1 aromatic rings. The second-order valence-corrected chi connectivity index (χ2v) is 5.39. The average Bonchev–Trinajstić information content (AvgIpc) is 2.79. The Hall–Kier alpha value is -0.930. The molecule has 0 aliphatic heterocycles. The summed E-state index contributed by atoms with van der Waals surface area (Å²) in [5.41, 5.74) is 1.44. The van der Waals surface area contributed by atoms with Gasteiger partial charge in [-0.3, -0.25) is 4.98 Å². The summed E-state index contributed by atoms with van der Waals surface area (Å²) >= 11 is 0. The first kappa shape index (κ1) is 12.5. The third kappa shape index (κ3) is 3.27. The Morgan fingerprint density at radius 2 is 1.94 bits per heavy atom. The SMILES string of the molecule is CN(Cc1ccncc1)CC1(CO)CCCC1. The lowest BCUT2D eigenvalue weighted by molar-refractivity contribution is 0.0864. The molecule has 2 rings (SSSR count). The molecule has 17 heavy (non-hydrogen) atoms. The Balaban J connectivity index is 1.90. The number of nitrogens with zero attached hydrogens (tertiary/aromatic N) is 2. The van der Waals surface area contributed by atoms with E-state index in [0.29, 0.717) is 6.61 Å². The zero-order chi connectivity index (χ0) is 12.1. The van der Waals surface area contributed by atoms with E-state index in [1.807, 2.05) is 12.4 Å². The van der Waals surface area contributed by atoms with Crippen LogP contribution in [0.1, 0.15) is 31.2 Å². The number of pyridine rings is 1. The molecule has 0 saturated heterocycles. The van der Waals surface area contributed by atoms with Crippen LogP contribution >= 0.6 is 0 Å². The summed E-state index contributed by atoms with van der Waals surface area (Å²) in [6.45, 7) is 2.25. The van der Waals surface area contributed by atoms with Gasteiger partial charge >= 0.3 is 0 Å². The molecule has 1 aromatic heterocycles. The van der Waals surface area contributed by atoms with Gasteiger partial charge in [-0.25, -0.2) is 0 Å². The molecule has 3 nitrogen and oxygen atoms in total. The predicted molar refractivity (Wildman–Crippen MR) is 68.6 cm³/mol. The standard InChI is InChI=1S/C14H22N2O/c1-16(10-13-4-8-15-9-5-13)11-14(12-17)6-2-3-7-14/h4-5,8-9,17H,2-3,6-7,10-12H2,1H3. The molecule has 1 aliphatic carbocycles. The molecule has 1 heterocycles. The van der Waals surface area contributed by atoms with Crippen molar-refractivity contribution in [2.45, 2.75) is 32.2 Å². The topological polar surface area (TPSA) is 36.4 Å². The minimum atomic E-state index is 0.155. The minimum absolute atomic E-state index is 0.155. The molecule has 0 atom stereocenters. The fraction of sp³-hybridized carbons (Fsp3) is 0.643. The first-order chi connectivity index (χ1) is 8.24. The summed E-state index contributed by atoms with van der Waals surface area (Å²) in [5, 5.41) is 9.59. The Bertz CT molecular complexity index is 333. The predicted octanol–water partition coefficient (Wildman–Crippen LogP) is 2.07. The van der Waals surface area contributed by atoms with Crippen LogP contribution in [0, 0.1) is 5.41 Å². The maximum Gasteiger partial charge on any atom is 0.0499 e. The van der Waals surface area contributed by atoms with Crippen LogP contribution in [0.25, 0.3) is 0 Å². The molecular formula is C14H22N2O. The number of aliphatic hydroxyl groups is 1. The number of hydrogen-bond donors (Lipinski definition) is 1. The molecule has 0 amide bonds. The van der Waals surface area contributed by atoms with Crippen LogP contribution in [0.2, 0.25) is 0 Å². The van der Waals surface area contributed by atoms with Gasteiger partial charge in [0.2, 0.25) is 0 Å². The van der Waals surface area contributed by atoms with Crippen molar-refractivity contribution in [3.8, 4) is 0 Å². The Morgan fingerprint density at radius 1 is 1.29 bits per heavy atom. The molecule has 0 radical (unpaired) electrons. The fourth-order valence-corrected chi connectivity index (χ4v) is 2.92. The van der Waals surface area contributed by atoms with E-state index in [1.54, 1.807) is 0 Å². The number of aromatic nitrogens is 1.